The number of anilines is 1. The van der Waals surface area contributed by atoms with Crippen LogP contribution in [0.5, 0.6) is 11.5 Å². The van der Waals surface area contributed by atoms with Gasteiger partial charge in [0.1, 0.15) is 0 Å². The van der Waals surface area contributed by atoms with Crippen molar-refractivity contribution in [2.24, 2.45) is 0 Å². The summed E-state index contributed by atoms with van der Waals surface area (Å²) in [5, 5.41) is 10.1. The highest BCUT2D eigenvalue weighted by Crippen LogP contribution is 2.28. The summed E-state index contributed by atoms with van der Waals surface area (Å²) in [7, 11) is -0.746. The van der Waals surface area contributed by atoms with Crippen LogP contribution in [-0.4, -0.2) is 56.1 Å². The van der Waals surface area contributed by atoms with Crippen molar-refractivity contribution in [2.75, 3.05) is 32.6 Å². The number of hydrogen-bond acceptors (Lipinski definition) is 8. The molecule has 0 spiro atoms. The summed E-state index contributed by atoms with van der Waals surface area (Å²) in [6.07, 6.45) is 0. The molecule has 0 saturated heterocycles. The van der Waals surface area contributed by atoms with Gasteiger partial charge in [-0.1, -0.05) is 25.2 Å². The van der Waals surface area contributed by atoms with Crippen molar-refractivity contribution in [3.63, 3.8) is 0 Å². The van der Waals surface area contributed by atoms with Gasteiger partial charge in [-0.25, -0.2) is 8.42 Å². The van der Waals surface area contributed by atoms with Crippen LogP contribution in [0, 0.1) is 0 Å². The third kappa shape index (κ3) is 4.11. The second-order valence-electron chi connectivity index (χ2n) is 4.99. The minimum atomic E-state index is -3.71. The highest BCUT2D eigenvalue weighted by Gasteiger charge is 2.26. The first-order chi connectivity index (χ1) is 12.4. The van der Waals surface area contributed by atoms with Gasteiger partial charge < -0.3 is 9.47 Å². The summed E-state index contributed by atoms with van der Waals surface area (Å²) >= 11 is 0.800. The van der Waals surface area contributed by atoms with Crippen LogP contribution in [0.2, 0.25) is 0 Å². The van der Waals surface area contributed by atoms with Crippen LogP contribution in [0.4, 0.5) is 5.13 Å². The first kappa shape index (κ1) is 20.1. The van der Waals surface area contributed by atoms with Crippen LogP contribution in [0.3, 0.4) is 0 Å². The predicted molar refractivity (Wildman–Crippen MR) is 97.5 cm³/mol. The lowest BCUT2D eigenvalue weighted by Crippen LogP contribution is -2.30. The molecular formula is C15H20N4O5S2. The zero-order chi connectivity index (χ0) is 19.3. The van der Waals surface area contributed by atoms with E-state index in [0.717, 1.165) is 11.3 Å². The number of aromatic nitrogens is 2. The first-order valence-electron chi connectivity index (χ1n) is 7.74. The van der Waals surface area contributed by atoms with Crippen molar-refractivity contribution in [2.45, 2.75) is 18.2 Å². The van der Waals surface area contributed by atoms with Gasteiger partial charge in [0.25, 0.3) is 15.9 Å². The molecule has 0 saturated carbocycles. The Bertz CT molecular complexity index is 878. The van der Waals surface area contributed by atoms with E-state index >= 15 is 0 Å². The smallest absolute Gasteiger partial charge is 0.272 e. The van der Waals surface area contributed by atoms with Crippen LogP contribution >= 0.6 is 11.3 Å². The van der Waals surface area contributed by atoms with Crippen molar-refractivity contribution >= 4 is 32.4 Å². The summed E-state index contributed by atoms with van der Waals surface area (Å²) < 4.78 is 36.2. The molecule has 0 aliphatic rings. The number of amides is 1. The molecule has 0 fully saturated rings. The summed E-state index contributed by atoms with van der Waals surface area (Å²) in [5.74, 6) is 0.434. The Hall–Kier alpha value is -2.24. The van der Waals surface area contributed by atoms with Gasteiger partial charge in [0.15, 0.2) is 11.5 Å². The number of carbonyl (C=O) groups is 1. The van der Waals surface area contributed by atoms with Gasteiger partial charge in [-0.3, -0.25) is 10.1 Å². The number of nitrogens with zero attached hydrogens (tertiary/aromatic N) is 3. The molecular weight excluding hydrogens is 380 g/mol. The highest BCUT2D eigenvalue weighted by atomic mass is 32.2. The monoisotopic (exact) mass is 400 g/mol. The van der Waals surface area contributed by atoms with E-state index < -0.39 is 15.9 Å². The maximum Gasteiger partial charge on any atom is 0.272 e. The molecule has 1 amide bonds. The molecule has 142 valence electrons. The zero-order valence-electron chi connectivity index (χ0n) is 14.8. The normalized spacial score (nSPS) is 11.4. The number of benzene rings is 1. The molecule has 0 aliphatic heterocycles. The number of nitrogens with one attached hydrogen (secondary N) is 1. The molecule has 0 atom stereocenters. The van der Waals surface area contributed by atoms with Crippen molar-refractivity contribution in [3.05, 3.63) is 23.8 Å². The standard InChI is InChI=1S/C15H20N4O5S2/c1-5-19(6-2)26(21,22)15-18-17-14(25-15)16-13(20)10-7-8-11(23-3)12(9-10)24-4/h7-9H,5-6H2,1-4H3,(H,16,17,20). The van der Waals surface area contributed by atoms with Gasteiger partial charge in [-0.2, -0.15) is 4.31 Å². The van der Waals surface area contributed by atoms with Crippen molar-refractivity contribution in [1.82, 2.24) is 14.5 Å². The second-order valence-corrected chi connectivity index (χ2v) is 8.08. The number of ether oxygens (including phenoxy) is 2. The third-order valence-corrected chi connectivity index (χ3v) is 6.77. The van der Waals surface area contributed by atoms with Crippen LogP contribution in [-0.2, 0) is 10.0 Å². The number of hydrogen-bond donors (Lipinski definition) is 1. The van der Waals surface area contributed by atoms with Crippen LogP contribution in [0.15, 0.2) is 22.5 Å². The van der Waals surface area contributed by atoms with Gasteiger partial charge in [-0.05, 0) is 18.2 Å². The lowest BCUT2D eigenvalue weighted by atomic mass is 10.2. The van der Waals surface area contributed by atoms with E-state index in [1.165, 1.54) is 24.6 Å². The average Bonchev–Trinajstić information content (AvgIpc) is 3.11. The molecule has 1 heterocycles. The molecule has 0 bridgehead atoms. The van der Waals surface area contributed by atoms with E-state index in [2.05, 4.69) is 15.5 Å². The molecule has 1 aromatic carbocycles. The van der Waals surface area contributed by atoms with Gasteiger partial charge in [0.05, 0.1) is 14.2 Å². The minimum Gasteiger partial charge on any atom is -0.493 e. The van der Waals surface area contributed by atoms with Crippen LogP contribution in [0.25, 0.3) is 0 Å². The second kappa shape index (κ2) is 8.43. The van der Waals surface area contributed by atoms with E-state index in [9.17, 15) is 13.2 Å². The molecule has 2 aromatic rings. The Morgan fingerprint density at radius 1 is 1.15 bits per heavy atom. The number of sulfonamides is 1. The number of rotatable bonds is 8. The topological polar surface area (TPSA) is 111 Å². The van der Waals surface area contributed by atoms with E-state index in [4.69, 9.17) is 9.47 Å². The Kier molecular flexibility index (Phi) is 6.51. The van der Waals surface area contributed by atoms with Gasteiger partial charge >= 0.3 is 0 Å². The van der Waals surface area contributed by atoms with Crippen molar-refractivity contribution in [1.29, 1.82) is 0 Å². The van der Waals surface area contributed by atoms with Gasteiger partial charge in [0.2, 0.25) is 9.47 Å². The summed E-state index contributed by atoms with van der Waals surface area (Å²) in [4.78, 5) is 12.4. The van der Waals surface area contributed by atoms with Gasteiger partial charge in [-0.15, -0.1) is 10.2 Å². The summed E-state index contributed by atoms with van der Waals surface area (Å²) in [6.45, 7) is 4.13. The maximum atomic E-state index is 12.4. The maximum absolute atomic E-state index is 12.4. The molecule has 0 unspecified atom stereocenters. The van der Waals surface area contributed by atoms with E-state index in [0.29, 0.717) is 30.2 Å². The highest BCUT2D eigenvalue weighted by molar-refractivity contribution is 7.91. The minimum absolute atomic E-state index is 0.0931. The lowest BCUT2D eigenvalue weighted by Gasteiger charge is -2.15. The lowest BCUT2D eigenvalue weighted by molar-refractivity contribution is 0.102. The number of carbonyl (C=O) groups excluding carboxylic acids is 1. The van der Waals surface area contributed by atoms with Crippen LogP contribution in [0.1, 0.15) is 24.2 Å². The van der Waals surface area contributed by atoms with Crippen LogP contribution < -0.4 is 14.8 Å². The fourth-order valence-electron chi connectivity index (χ4n) is 2.19. The van der Waals surface area contributed by atoms with E-state index in [1.54, 1.807) is 26.0 Å². The van der Waals surface area contributed by atoms with Crippen molar-refractivity contribution in [3.8, 4) is 11.5 Å². The van der Waals surface area contributed by atoms with E-state index in [-0.39, 0.29) is 9.47 Å². The fraction of sp³-hybridized carbons (Fsp3) is 0.400. The fourth-order valence-corrected chi connectivity index (χ4v) is 4.68. The van der Waals surface area contributed by atoms with E-state index in [1.807, 2.05) is 0 Å². The Labute approximate surface area is 156 Å². The molecule has 1 N–H and O–H groups in total. The Morgan fingerprint density at radius 2 is 1.81 bits per heavy atom. The SMILES string of the molecule is CCN(CC)S(=O)(=O)c1nnc(NC(=O)c2ccc(OC)c(OC)c2)s1. The summed E-state index contributed by atoms with van der Waals surface area (Å²) in [5.41, 5.74) is 0.311. The van der Waals surface area contributed by atoms with Crippen molar-refractivity contribution < 1.29 is 22.7 Å². The molecule has 1 aromatic heterocycles. The number of methoxy groups -OCH3 is 2. The zero-order valence-corrected chi connectivity index (χ0v) is 16.5. The van der Waals surface area contributed by atoms with Gasteiger partial charge in [0, 0.05) is 18.7 Å². The quantitative estimate of drug-likeness (QED) is 0.673. The molecule has 26 heavy (non-hydrogen) atoms. The largest absolute Gasteiger partial charge is 0.493 e. The third-order valence-electron chi connectivity index (χ3n) is 3.54. The first-order valence-corrected chi connectivity index (χ1v) is 10.00. The molecule has 2 rings (SSSR count). The average molecular weight is 400 g/mol. The Balaban J connectivity index is 2.20. The molecule has 11 heteroatoms. The predicted octanol–water partition coefficient (Wildman–Crippen LogP) is 1.84. The molecule has 0 radical (unpaired) electrons. The molecule has 0 aliphatic carbocycles. The Morgan fingerprint density at radius 3 is 2.38 bits per heavy atom. The molecule has 9 nitrogen and oxygen atoms in total. The summed E-state index contributed by atoms with van der Waals surface area (Å²) in [6, 6.07) is 4.68.